The third-order valence-electron chi connectivity index (χ3n) is 4.60. The van der Waals surface area contributed by atoms with E-state index < -0.39 is 0 Å². The van der Waals surface area contributed by atoms with Gasteiger partial charge in [0.25, 0.3) is 0 Å². The van der Waals surface area contributed by atoms with Crippen LogP contribution in [-0.4, -0.2) is 22.7 Å². The van der Waals surface area contributed by atoms with Crippen molar-refractivity contribution in [2.45, 2.75) is 136 Å². The minimum Gasteiger partial charge on any atom is -0.393 e. The predicted octanol–water partition coefficient (Wildman–Crippen LogP) is 6.13. The van der Waals surface area contributed by atoms with Crippen molar-refractivity contribution in [1.82, 2.24) is 5.32 Å². The van der Waals surface area contributed by atoms with Crippen molar-refractivity contribution >= 4 is 5.91 Å². The molecule has 3 nitrogen and oxygen atoms in total. The molecule has 0 saturated carbocycles. The minimum absolute atomic E-state index is 0.0731. The Bertz CT molecular complexity index is 310. The van der Waals surface area contributed by atoms with Crippen LogP contribution in [0, 0.1) is 0 Å². The second kappa shape index (κ2) is 15.7. The lowest BCUT2D eigenvalue weighted by Crippen LogP contribution is -2.40. The molecule has 2 N–H and O–H groups in total. The van der Waals surface area contributed by atoms with Crippen LogP contribution in [0.25, 0.3) is 0 Å². The molecule has 0 aromatic heterocycles. The van der Waals surface area contributed by atoms with E-state index in [9.17, 15) is 9.90 Å². The Morgan fingerprint density at radius 2 is 1.24 bits per heavy atom. The summed E-state index contributed by atoms with van der Waals surface area (Å²) in [5, 5.41) is 12.9. The summed E-state index contributed by atoms with van der Waals surface area (Å²) in [6.07, 6.45) is 17.3. The Labute approximate surface area is 157 Å². The average molecular weight is 356 g/mol. The summed E-state index contributed by atoms with van der Waals surface area (Å²) >= 11 is 0. The summed E-state index contributed by atoms with van der Waals surface area (Å²) in [4.78, 5) is 11.7. The number of hydrogen-bond donors (Lipinski definition) is 2. The number of nitrogens with one attached hydrogen (secondary N) is 1. The highest BCUT2D eigenvalue weighted by atomic mass is 16.3. The topological polar surface area (TPSA) is 49.3 Å². The molecule has 25 heavy (non-hydrogen) atoms. The molecule has 1 unspecified atom stereocenters. The normalized spacial score (nSPS) is 13.0. The number of hydrogen-bond acceptors (Lipinski definition) is 2. The van der Waals surface area contributed by atoms with Gasteiger partial charge in [0.15, 0.2) is 0 Å². The maximum Gasteiger partial charge on any atom is 0.220 e. The summed E-state index contributed by atoms with van der Waals surface area (Å²) in [5.41, 5.74) is -0.111. The molecule has 0 aromatic carbocycles. The van der Waals surface area contributed by atoms with E-state index in [1.807, 2.05) is 20.8 Å². The largest absolute Gasteiger partial charge is 0.393 e. The Hall–Kier alpha value is -0.570. The van der Waals surface area contributed by atoms with Gasteiger partial charge in [-0.1, -0.05) is 77.6 Å². The number of rotatable bonds is 16. The van der Waals surface area contributed by atoms with Crippen LogP contribution in [-0.2, 0) is 4.79 Å². The van der Waals surface area contributed by atoms with Crippen molar-refractivity contribution in [3.05, 3.63) is 0 Å². The van der Waals surface area contributed by atoms with Crippen LogP contribution in [0.3, 0.4) is 0 Å². The standard InChI is InChI=1S/C22H45NO2/c1-5-6-7-14-17-20(24)18-15-12-10-8-9-11-13-16-19-21(25)23-22(2,3)4/h20,24H,5-19H2,1-4H3,(H,23,25). The first-order chi connectivity index (χ1) is 11.8. The highest BCUT2D eigenvalue weighted by Gasteiger charge is 2.12. The molecule has 3 heteroatoms. The fourth-order valence-electron chi connectivity index (χ4n) is 3.16. The van der Waals surface area contributed by atoms with Gasteiger partial charge in [0, 0.05) is 12.0 Å². The van der Waals surface area contributed by atoms with E-state index in [0.29, 0.717) is 6.42 Å². The van der Waals surface area contributed by atoms with Gasteiger partial charge in [-0.05, 0) is 40.0 Å². The Morgan fingerprint density at radius 1 is 0.800 bits per heavy atom. The Kier molecular flexibility index (Phi) is 15.3. The van der Waals surface area contributed by atoms with Crippen molar-refractivity contribution in [2.24, 2.45) is 0 Å². The SMILES string of the molecule is CCCCCCC(O)CCCCCCCCCCC(=O)NC(C)(C)C. The number of carbonyl (C=O) groups is 1. The number of unbranched alkanes of at least 4 members (excludes halogenated alkanes) is 10. The van der Waals surface area contributed by atoms with Crippen LogP contribution in [0.4, 0.5) is 0 Å². The van der Waals surface area contributed by atoms with Gasteiger partial charge in [0.2, 0.25) is 5.91 Å². The molecule has 0 saturated heterocycles. The van der Waals surface area contributed by atoms with Crippen molar-refractivity contribution in [3.8, 4) is 0 Å². The van der Waals surface area contributed by atoms with Crippen LogP contribution >= 0.6 is 0 Å². The van der Waals surface area contributed by atoms with Crippen LogP contribution in [0.5, 0.6) is 0 Å². The minimum atomic E-state index is -0.111. The molecule has 0 spiro atoms. The smallest absolute Gasteiger partial charge is 0.220 e. The molecule has 1 atom stereocenters. The molecule has 0 aliphatic heterocycles. The number of amides is 1. The van der Waals surface area contributed by atoms with Gasteiger partial charge in [0.05, 0.1) is 6.10 Å². The zero-order chi connectivity index (χ0) is 19.0. The van der Waals surface area contributed by atoms with Gasteiger partial charge in [-0.15, -0.1) is 0 Å². The van der Waals surface area contributed by atoms with Crippen LogP contribution in [0.1, 0.15) is 124 Å². The molecule has 150 valence electrons. The lowest BCUT2D eigenvalue weighted by molar-refractivity contribution is -0.122. The summed E-state index contributed by atoms with van der Waals surface area (Å²) in [5.74, 6) is 0.181. The Morgan fingerprint density at radius 3 is 1.72 bits per heavy atom. The number of aliphatic hydroxyl groups is 1. The molecule has 0 rings (SSSR count). The Balaban J connectivity index is 3.27. The van der Waals surface area contributed by atoms with E-state index in [4.69, 9.17) is 0 Å². The predicted molar refractivity (Wildman–Crippen MR) is 109 cm³/mol. The van der Waals surface area contributed by atoms with Crippen molar-refractivity contribution in [2.75, 3.05) is 0 Å². The summed E-state index contributed by atoms with van der Waals surface area (Å²) in [6, 6.07) is 0. The van der Waals surface area contributed by atoms with E-state index in [1.165, 1.54) is 64.2 Å². The van der Waals surface area contributed by atoms with Gasteiger partial charge in [-0.3, -0.25) is 4.79 Å². The zero-order valence-electron chi connectivity index (χ0n) is 17.5. The van der Waals surface area contributed by atoms with Gasteiger partial charge in [-0.25, -0.2) is 0 Å². The van der Waals surface area contributed by atoms with E-state index in [1.54, 1.807) is 0 Å². The van der Waals surface area contributed by atoms with Gasteiger partial charge in [-0.2, -0.15) is 0 Å². The first kappa shape index (κ1) is 24.4. The lowest BCUT2D eigenvalue weighted by atomic mass is 10.0. The quantitative estimate of drug-likeness (QED) is 0.327. The molecule has 0 aromatic rings. The van der Waals surface area contributed by atoms with E-state index in [-0.39, 0.29) is 17.6 Å². The fourth-order valence-corrected chi connectivity index (χ4v) is 3.16. The molecule has 0 heterocycles. The van der Waals surface area contributed by atoms with E-state index >= 15 is 0 Å². The summed E-state index contributed by atoms with van der Waals surface area (Å²) < 4.78 is 0. The highest BCUT2D eigenvalue weighted by molar-refractivity contribution is 5.76. The second-order valence-electron chi connectivity index (χ2n) is 8.67. The zero-order valence-corrected chi connectivity index (χ0v) is 17.5. The van der Waals surface area contributed by atoms with Crippen molar-refractivity contribution < 1.29 is 9.90 Å². The molecule has 1 amide bonds. The molecule has 0 aliphatic carbocycles. The second-order valence-corrected chi connectivity index (χ2v) is 8.67. The van der Waals surface area contributed by atoms with Crippen LogP contribution in [0.15, 0.2) is 0 Å². The first-order valence-electron chi connectivity index (χ1n) is 10.8. The molecule has 0 bridgehead atoms. The van der Waals surface area contributed by atoms with Gasteiger partial charge >= 0.3 is 0 Å². The molecule has 0 fully saturated rings. The molecular weight excluding hydrogens is 310 g/mol. The fraction of sp³-hybridized carbons (Fsp3) is 0.955. The van der Waals surface area contributed by atoms with E-state index in [2.05, 4.69) is 12.2 Å². The number of aliphatic hydroxyl groups excluding tert-OH is 1. The lowest BCUT2D eigenvalue weighted by Gasteiger charge is -2.20. The third-order valence-corrected chi connectivity index (χ3v) is 4.60. The summed E-state index contributed by atoms with van der Waals surface area (Å²) in [7, 11) is 0. The maximum atomic E-state index is 11.7. The highest BCUT2D eigenvalue weighted by Crippen LogP contribution is 2.14. The van der Waals surface area contributed by atoms with Gasteiger partial charge in [0.1, 0.15) is 0 Å². The average Bonchev–Trinajstić information content (AvgIpc) is 2.51. The number of carbonyl (C=O) groups excluding carboxylic acids is 1. The molecule has 0 aliphatic rings. The van der Waals surface area contributed by atoms with E-state index in [0.717, 1.165) is 25.7 Å². The molecule has 0 radical (unpaired) electrons. The maximum absolute atomic E-state index is 11.7. The monoisotopic (exact) mass is 355 g/mol. The van der Waals surface area contributed by atoms with Crippen molar-refractivity contribution in [3.63, 3.8) is 0 Å². The molecular formula is C22H45NO2. The third kappa shape index (κ3) is 19.6. The first-order valence-corrected chi connectivity index (χ1v) is 10.8. The van der Waals surface area contributed by atoms with Crippen LogP contribution in [0.2, 0.25) is 0 Å². The summed E-state index contributed by atoms with van der Waals surface area (Å²) in [6.45, 7) is 8.29. The van der Waals surface area contributed by atoms with Crippen molar-refractivity contribution in [1.29, 1.82) is 0 Å². The van der Waals surface area contributed by atoms with Crippen LogP contribution < -0.4 is 5.32 Å². The van der Waals surface area contributed by atoms with Gasteiger partial charge < -0.3 is 10.4 Å².